The van der Waals surface area contributed by atoms with Gasteiger partial charge in [-0.3, -0.25) is 9.59 Å². The minimum atomic E-state index is -0.303. The Bertz CT molecular complexity index is 314. The van der Waals surface area contributed by atoms with E-state index in [1.807, 2.05) is 22.6 Å². The average Bonchev–Trinajstić information content (AvgIpc) is 2.49. The molecule has 4 nitrogen and oxygen atoms in total. The van der Waals surface area contributed by atoms with Gasteiger partial charge in [-0.1, -0.05) is 48.8 Å². The van der Waals surface area contributed by atoms with Gasteiger partial charge in [0.2, 0.25) is 5.91 Å². The summed E-state index contributed by atoms with van der Waals surface area (Å²) in [5.41, 5.74) is 0. The summed E-state index contributed by atoms with van der Waals surface area (Å²) in [7, 11) is 1.37. The highest BCUT2D eigenvalue weighted by Crippen LogP contribution is 2.31. The first-order chi connectivity index (χ1) is 9.58. The molecule has 1 unspecified atom stereocenters. The van der Waals surface area contributed by atoms with Gasteiger partial charge < -0.3 is 10.1 Å². The molecule has 116 valence electrons. The number of hydrogen-bond donors (Lipinski definition) is 1. The van der Waals surface area contributed by atoms with Crippen molar-refractivity contribution in [1.82, 2.24) is 5.32 Å². The molecule has 5 heteroatoms. The van der Waals surface area contributed by atoms with E-state index in [1.54, 1.807) is 0 Å². The first-order valence-corrected chi connectivity index (χ1v) is 8.82. The molecular formula is C15H26INO3. The van der Waals surface area contributed by atoms with Gasteiger partial charge in [-0.15, -0.1) is 0 Å². The summed E-state index contributed by atoms with van der Waals surface area (Å²) < 4.78 is 4.34. The van der Waals surface area contributed by atoms with Crippen LogP contribution in [0.4, 0.5) is 0 Å². The number of halogens is 1. The van der Waals surface area contributed by atoms with Crippen molar-refractivity contribution in [1.29, 1.82) is 0 Å². The SMILES string of the molecule is CCCCC1CCC(C(=O)NCC(I)C(=O)OC)CC1. The van der Waals surface area contributed by atoms with Gasteiger partial charge in [0.15, 0.2) is 0 Å². The lowest BCUT2D eigenvalue weighted by atomic mass is 9.79. The summed E-state index contributed by atoms with van der Waals surface area (Å²) in [5, 5.41) is 2.88. The second kappa shape index (κ2) is 9.58. The van der Waals surface area contributed by atoms with E-state index in [-0.39, 0.29) is 21.7 Å². The number of alkyl halides is 1. The van der Waals surface area contributed by atoms with E-state index in [9.17, 15) is 9.59 Å². The molecule has 1 aliphatic rings. The number of amides is 1. The van der Waals surface area contributed by atoms with Crippen LogP contribution < -0.4 is 5.32 Å². The molecule has 1 rings (SSSR count). The van der Waals surface area contributed by atoms with E-state index in [0.717, 1.165) is 18.8 Å². The van der Waals surface area contributed by atoms with Crippen molar-refractivity contribution in [3.63, 3.8) is 0 Å². The Hall–Kier alpha value is -0.330. The normalized spacial score (nSPS) is 23.9. The van der Waals surface area contributed by atoms with Crippen LogP contribution in [0.25, 0.3) is 0 Å². The second-order valence-electron chi connectivity index (χ2n) is 5.60. The first-order valence-electron chi connectivity index (χ1n) is 7.58. The van der Waals surface area contributed by atoms with Crippen molar-refractivity contribution in [3.8, 4) is 0 Å². The Balaban J connectivity index is 2.24. The Morgan fingerprint density at radius 2 is 1.95 bits per heavy atom. The molecular weight excluding hydrogens is 369 g/mol. The molecule has 20 heavy (non-hydrogen) atoms. The number of esters is 1. The summed E-state index contributed by atoms with van der Waals surface area (Å²) in [6.07, 6.45) is 8.19. The highest BCUT2D eigenvalue weighted by molar-refractivity contribution is 14.1. The van der Waals surface area contributed by atoms with Crippen LogP contribution in [0.3, 0.4) is 0 Å². The van der Waals surface area contributed by atoms with Crippen LogP contribution in [0.2, 0.25) is 0 Å². The van der Waals surface area contributed by atoms with Crippen molar-refractivity contribution in [2.24, 2.45) is 11.8 Å². The van der Waals surface area contributed by atoms with Crippen LogP contribution in [0.5, 0.6) is 0 Å². The summed E-state index contributed by atoms with van der Waals surface area (Å²) in [6.45, 7) is 2.59. The van der Waals surface area contributed by atoms with Crippen molar-refractivity contribution in [2.75, 3.05) is 13.7 Å². The molecule has 0 radical (unpaired) electrons. The lowest BCUT2D eigenvalue weighted by Gasteiger charge is -2.27. The van der Waals surface area contributed by atoms with Gasteiger partial charge in [-0.2, -0.15) is 0 Å². The molecule has 1 N–H and O–H groups in total. The quantitative estimate of drug-likeness (QED) is 0.410. The maximum Gasteiger partial charge on any atom is 0.320 e. The number of ether oxygens (including phenoxy) is 1. The van der Waals surface area contributed by atoms with Crippen LogP contribution >= 0.6 is 22.6 Å². The van der Waals surface area contributed by atoms with E-state index in [1.165, 1.54) is 39.2 Å². The molecule has 1 amide bonds. The number of hydrogen-bond acceptors (Lipinski definition) is 3. The fourth-order valence-corrected chi connectivity index (χ4v) is 3.23. The van der Waals surface area contributed by atoms with Gasteiger partial charge in [0.05, 0.1) is 7.11 Å². The fourth-order valence-electron chi connectivity index (χ4n) is 2.75. The molecule has 0 aliphatic heterocycles. The zero-order valence-corrected chi connectivity index (χ0v) is 14.6. The largest absolute Gasteiger partial charge is 0.468 e. The summed E-state index contributed by atoms with van der Waals surface area (Å²) in [6, 6.07) is 0. The molecule has 0 bridgehead atoms. The van der Waals surface area contributed by atoms with Crippen molar-refractivity contribution < 1.29 is 14.3 Å². The fraction of sp³-hybridized carbons (Fsp3) is 0.867. The van der Waals surface area contributed by atoms with Crippen LogP contribution in [0.15, 0.2) is 0 Å². The number of carbonyl (C=O) groups is 2. The lowest BCUT2D eigenvalue weighted by Crippen LogP contribution is -2.38. The Morgan fingerprint density at radius 1 is 1.30 bits per heavy atom. The van der Waals surface area contributed by atoms with Crippen LogP contribution in [0.1, 0.15) is 51.9 Å². The summed E-state index contributed by atoms with van der Waals surface area (Å²) >= 11 is 2.00. The minimum absolute atomic E-state index is 0.101. The molecule has 1 atom stereocenters. The Morgan fingerprint density at radius 3 is 2.50 bits per heavy atom. The number of rotatable bonds is 7. The molecule has 0 spiro atoms. The number of methoxy groups -OCH3 is 1. The molecule has 1 saturated carbocycles. The molecule has 0 heterocycles. The van der Waals surface area contributed by atoms with Crippen molar-refractivity contribution >= 4 is 34.5 Å². The molecule has 0 aromatic heterocycles. The van der Waals surface area contributed by atoms with E-state index < -0.39 is 0 Å². The van der Waals surface area contributed by atoms with Crippen LogP contribution in [-0.4, -0.2) is 29.5 Å². The van der Waals surface area contributed by atoms with Crippen LogP contribution in [-0.2, 0) is 14.3 Å². The van der Waals surface area contributed by atoms with Gasteiger partial charge in [-0.05, 0) is 31.6 Å². The van der Waals surface area contributed by atoms with Crippen molar-refractivity contribution in [3.05, 3.63) is 0 Å². The Kier molecular flexibility index (Phi) is 8.49. The van der Waals surface area contributed by atoms with Gasteiger partial charge in [0.1, 0.15) is 3.92 Å². The average molecular weight is 395 g/mol. The third kappa shape index (κ3) is 5.97. The first kappa shape index (κ1) is 17.7. The zero-order chi connectivity index (χ0) is 15.0. The third-order valence-corrected chi connectivity index (χ3v) is 5.04. The minimum Gasteiger partial charge on any atom is -0.468 e. The third-order valence-electron chi connectivity index (χ3n) is 4.10. The van der Waals surface area contributed by atoms with Gasteiger partial charge in [0, 0.05) is 12.5 Å². The van der Waals surface area contributed by atoms with Gasteiger partial charge >= 0.3 is 5.97 Å². The lowest BCUT2D eigenvalue weighted by molar-refractivity contribution is -0.139. The number of unbranched alkanes of at least 4 members (excludes halogenated alkanes) is 1. The maximum absolute atomic E-state index is 12.1. The van der Waals surface area contributed by atoms with Gasteiger partial charge in [0.25, 0.3) is 0 Å². The predicted octanol–water partition coefficient (Wildman–Crippen LogP) is 3.08. The smallest absolute Gasteiger partial charge is 0.320 e. The highest BCUT2D eigenvalue weighted by Gasteiger charge is 2.26. The zero-order valence-electron chi connectivity index (χ0n) is 12.5. The second-order valence-corrected chi connectivity index (χ2v) is 7.10. The van der Waals surface area contributed by atoms with Crippen LogP contribution in [0, 0.1) is 11.8 Å². The van der Waals surface area contributed by atoms with E-state index >= 15 is 0 Å². The van der Waals surface area contributed by atoms with E-state index in [4.69, 9.17) is 0 Å². The predicted molar refractivity (Wildman–Crippen MR) is 87.8 cm³/mol. The number of carbonyl (C=O) groups excluding carboxylic acids is 2. The molecule has 1 aliphatic carbocycles. The van der Waals surface area contributed by atoms with E-state index in [0.29, 0.717) is 6.54 Å². The molecule has 0 aromatic rings. The molecule has 1 fully saturated rings. The standard InChI is InChI=1S/C15H26INO3/c1-3-4-5-11-6-8-12(9-7-11)14(18)17-10-13(16)15(19)20-2/h11-13H,3-10H2,1-2H3,(H,17,18). The summed E-state index contributed by atoms with van der Waals surface area (Å²) in [4.78, 5) is 23.3. The Labute approximate surface area is 135 Å². The maximum atomic E-state index is 12.1. The number of nitrogens with one attached hydrogen (secondary N) is 1. The van der Waals surface area contributed by atoms with E-state index in [2.05, 4.69) is 17.0 Å². The highest BCUT2D eigenvalue weighted by atomic mass is 127. The monoisotopic (exact) mass is 395 g/mol. The van der Waals surface area contributed by atoms with Gasteiger partial charge in [-0.25, -0.2) is 0 Å². The van der Waals surface area contributed by atoms with Crippen molar-refractivity contribution in [2.45, 2.75) is 55.8 Å². The topological polar surface area (TPSA) is 55.4 Å². The molecule has 0 saturated heterocycles. The molecule has 0 aromatic carbocycles. The summed E-state index contributed by atoms with van der Waals surface area (Å²) in [5.74, 6) is 0.763.